The highest BCUT2D eigenvalue weighted by molar-refractivity contribution is 6.20. The van der Waals surface area contributed by atoms with E-state index in [1.54, 1.807) is 0 Å². The lowest BCUT2D eigenvalue weighted by atomic mass is 10.0. The number of rotatable bonds is 15. The molecule has 0 heterocycles. The van der Waals surface area contributed by atoms with Gasteiger partial charge in [0, 0.05) is 18.6 Å². The summed E-state index contributed by atoms with van der Waals surface area (Å²) in [5, 5.41) is 0.284. The number of halogens is 1. The third-order valence-corrected chi connectivity index (χ3v) is 3.70. The number of unbranched alkanes of at least 4 members (excludes halogenated alkanes) is 5. The van der Waals surface area contributed by atoms with Crippen LogP contribution in [-0.4, -0.2) is 25.4 Å². The molecule has 0 aromatic rings. The minimum absolute atomic E-state index is 0.284. The van der Waals surface area contributed by atoms with Gasteiger partial charge in [0.15, 0.2) is 0 Å². The quantitative estimate of drug-likeness (QED) is 0.217. The molecule has 0 saturated heterocycles. The van der Waals surface area contributed by atoms with Crippen LogP contribution in [0.15, 0.2) is 0 Å². The van der Waals surface area contributed by atoms with Crippen LogP contribution in [-0.2, 0) is 9.47 Å². The van der Waals surface area contributed by atoms with Gasteiger partial charge in [-0.2, -0.15) is 0 Å². The normalized spacial score (nSPS) is 14.4. The van der Waals surface area contributed by atoms with E-state index in [0.29, 0.717) is 12.7 Å². The van der Waals surface area contributed by atoms with Crippen molar-refractivity contribution < 1.29 is 9.47 Å². The topological polar surface area (TPSA) is 18.5 Å². The summed E-state index contributed by atoms with van der Waals surface area (Å²) in [7, 11) is 0. The Morgan fingerprint density at radius 3 is 2.10 bits per heavy atom. The third-order valence-electron chi connectivity index (χ3n) is 3.52. The van der Waals surface area contributed by atoms with Crippen LogP contribution in [0.25, 0.3) is 0 Å². The summed E-state index contributed by atoms with van der Waals surface area (Å²) in [4.78, 5) is 0. The summed E-state index contributed by atoms with van der Waals surface area (Å²) in [5.41, 5.74) is 0. The van der Waals surface area contributed by atoms with Gasteiger partial charge in [-0.15, -0.1) is 11.6 Å². The Hall–Kier alpha value is 0.210. The van der Waals surface area contributed by atoms with E-state index in [9.17, 15) is 0 Å². The molecule has 0 bridgehead atoms. The zero-order chi connectivity index (χ0) is 15.1. The molecule has 2 nitrogen and oxygen atoms in total. The fourth-order valence-electron chi connectivity index (χ4n) is 2.37. The molecule has 0 radical (unpaired) electrons. The highest BCUT2D eigenvalue weighted by Gasteiger charge is 2.05. The molecule has 0 N–H and O–H groups in total. The van der Waals surface area contributed by atoms with Crippen LogP contribution in [0.2, 0.25) is 0 Å². The summed E-state index contributed by atoms with van der Waals surface area (Å²) in [5.74, 6) is 0.690. The van der Waals surface area contributed by atoms with Gasteiger partial charge in [0.2, 0.25) is 0 Å². The first-order valence-corrected chi connectivity index (χ1v) is 8.90. The van der Waals surface area contributed by atoms with Gasteiger partial charge >= 0.3 is 0 Å². The Labute approximate surface area is 131 Å². The molecule has 0 spiro atoms. The Morgan fingerprint density at radius 2 is 1.45 bits per heavy atom. The molecule has 0 fully saturated rings. The lowest BCUT2D eigenvalue weighted by molar-refractivity contribution is -0.0560. The van der Waals surface area contributed by atoms with E-state index >= 15 is 0 Å². The smallest absolute Gasteiger partial charge is 0.146 e. The molecule has 0 saturated carbocycles. The second-order valence-electron chi connectivity index (χ2n) is 5.97. The summed E-state index contributed by atoms with van der Waals surface area (Å²) in [6.45, 7) is 8.66. The van der Waals surface area contributed by atoms with Gasteiger partial charge in [0.1, 0.15) is 6.79 Å². The van der Waals surface area contributed by atoms with Crippen molar-refractivity contribution in [3.05, 3.63) is 0 Å². The van der Waals surface area contributed by atoms with Crippen LogP contribution in [0.3, 0.4) is 0 Å². The van der Waals surface area contributed by atoms with E-state index in [-0.39, 0.29) is 5.38 Å². The standard InChI is InChI=1S/C17H35ClO2/c1-4-5-6-7-8-9-12-19-15-20-13-10-11-16(2)14-17(3)18/h16-17H,4-15H2,1-3H3. The lowest BCUT2D eigenvalue weighted by Gasteiger charge is -2.12. The Kier molecular flexibility index (Phi) is 15.8. The molecule has 2 unspecified atom stereocenters. The van der Waals surface area contributed by atoms with E-state index in [4.69, 9.17) is 21.1 Å². The first kappa shape index (κ1) is 20.2. The molecule has 0 aromatic heterocycles. The van der Waals surface area contributed by atoms with Crippen LogP contribution < -0.4 is 0 Å². The highest BCUT2D eigenvalue weighted by Crippen LogP contribution is 2.15. The average Bonchev–Trinajstić information content (AvgIpc) is 2.39. The van der Waals surface area contributed by atoms with Crippen molar-refractivity contribution >= 4 is 11.6 Å². The molecule has 2 atom stereocenters. The van der Waals surface area contributed by atoms with Crippen molar-refractivity contribution in [3.63, 3.8) is 0 Å². The molecule has 0 aliphatic heterocycles. The van der Waals surface area contributed by atoms with Gasteiger partial charge in [0.05, 0.1) is 0 Å². The Balaban J connectivity index is 3.06. The van der Waals surface area contributed by atoms with Gasteiger partial charge in [-0.25, -0.2) is 0 Å². The van der Waals surface area contributed by atoms with Crippen molar-refractivity contribution in [2.75, 3.05) is 20.0 Å². The maximum absolute atomic E-state index is 5.97. The fourth-order valence-corrected chi connectivity index (χ4v) is 2.67. The second kappa shape index (κ2) is 15.6. The molecule has 0 aliphatic carbocycles. The highest BCUT2D eigenvalue weighted by atomic mass is 35.5. The van der Waals surface area contributed by atoms with Crippen LogP contribution in [0, 0.1) is 5.92 Å². The van der Waals surface area contributed by atoms with Crippen molar-refractivity contribution in [2.24, 2.45) is 5.92 Å². The van der Waals surface area contributed by atoms with Crippen LogP contribution >= 0.6 is 11.6 Å². The summed E-state index contributed by atoms with van der Waals surface area (Å²) >= 11 is 5.97. The minimum Gasteiger partial charge on any atom is -0.355 e. The van der Waals surface area contributed by atoms with Gasteiger partial charge in [-0.05, 0) is 38.5 Å². The monoisotopic (exact) mass is 306 g/mol. The predicted octanol–water partition coefficient (Wildman–Crippen LogP) is 5.77. The van der Waals surface area contributed by atoms with Gasteiger partial charge < -0.3 is 9.47 Å². The molecular formula is C17H35ClO2. The average molecular weight is 307 g/mol. The summed E-state index contributed by atoms with van der Waals surface area (Å²) in [6, 6.07) is 0. The zero-order valence-corrected chi connectivity index (χ0v) is 14.6. The minimum atomic E-state index is 0.284. The molecule has 0 aliphatic rings. The van der Waals surface area contributed by atoms with Crippen molar-refractivity contribution in [3.8, 4) is 0 Å². The maximum atomic E-state index is 5.97. The molecule has 0 aromatic carbocycles. The molecule has 0 amide bonds. The summed E-state index contributed by atoms with van der Waals surface area (Å²) in [6.07, 6.45) is 11.2. The number of hydrogen-bond donors (Lipinski definition) is 0. The van der Waals surface area contributed by atoms with E-state index in [2.05, 4.69) is 20.8 Å². The largest absolute Gasteiger partial charge is 0.355 e. The SMILES string of the molecule is CCCCCCCCOCOCCCC(C)CC(C)Cl. The van der Waals surface area contributed by atoms with Crippen molar-refractivity contribution in [1.29, 1.82) is 0 Å². The molecule has 122 valence electrons. The molecule has 20 heavy (non-hydrogen) atoms. The van der Waals surface area contributed by atoms with E-state index in [0.717, 1.165) is 32.5 Å². The van der Waals surface area contributed by atoms with E-state index < -0.39 is 0 Å². The Bertz CT molecular complexity index is 186. The third kappa shape index (κ3) is 16.3. The number of hydrogen-bond acceptors (Lipinski definition) is 2. The molecule has 0 rings (SSSR count). The second-order valence-corrected chi connectivity index (χ2v) is 6.71. The maximum Gasteiger partial charge on any atom is 0.146 e. The van der Waals surface area contributed by atoms with Crippen LogP contribution in [0.5, 0.6) is 0 Å². The number of alkyl halides is 1. The fraction of sp³-hybridized carbons (Fsp3) is 1.00. The van der Waals surface area contributed by atoms with Gasteiger partial charge in [-0.3, -0.25) is 0 Å². The summed E-state index contributed by atoms with van der Waals surface area (Å²) < 4.78 is 10.9. The predicted molar refractivity (Wildman–Crippen MR) is 88.5 cm³/mol. The van der Waals surface area contributed by atoms with E-state index in [1.165, 1.54) is 38.5 Å². The first-order valence-electron chi connectivity index (χ1n) is 8.46. The lowest BCUT2D eigenvalue weighted by Crippen LogP contribution is -2.06. The van der Waals surface area contributed by atoms with Gasteiger partial charge in [-0.1, -0.05) is 46.0 Å². The van der Waals surface area contributed by atoms with E-state index in [1.807, 2.05) is 0 Å². The van der Waals surface area contributed by atoms with Crippen LogP contribution in [0.4, 0.5) is 0 Å². The number of ether oxygens (including phenoxy) is 2. The first-order chi connectivity index (χ1) is 9.66. The van der Waals surface area contributed by atoms with Crippen LogP contribution in [0.1, 0.15) is 78.6 Å². The zero-order valence-electron chi connectivity index (χ0n) is 13.8. The molecule has 3 heteroatoms. The molecular weight excluding hydrogens is 272 g/mol. The van der Waals surface area contributed by atoms with Crippen molar-refractivity contribution in [2.45, 2.75) is 83.9 Å². The Morgan fingerprint density at radius 1 is 0.850 bits per heavy atom. The van der Waals surface area contributed by atoms with Gasteiger partial charge in [0.25, 0.3) is 0 Å². The van der Waals surface area contributed by atoms with Crippen molar-refractivity contribution in [1.82, 2.24) is 0 Å².